The maximum atomic E-state index is 5.20. The molecule has 0 radical (unpaired) electrons. The maximum Gasteiger partial charge on any atom is 0.205 e. The van der Waals surface area contributed by atoms with Crippen molar-refractivity contribution in [2.45, 2.75) is 51.6 Å². The molecule has 0 aliphatic carbocycles. The van der Waals surface area contributed by atoms with Crippen molar-refractivity contribution in [2.24, 2.45) is 0 Å². The van der Waals surface area contributed by atoms with E-state index in [1.807, 2.05) is 24.3 Å². The van der Waals surface area contributed by atoms with Gasteiger partial charge in [0.25, 0.3) is 0 Å². The summed E-state index contributed by atoms with van der Waals surface area (Å²) < 4.78 is 0. The summed E-state index contributed by atoms with van der Waals surface area (Å²) in [7, 11) is 0. The summed E-state index contributed by atoms with van der Waals surface area (Å²) in [6.45, 7) is 6.35. The summed E-state index contributed by atoms with van der Waals surface area (Å²) in [5.74, 6) is 0.582. The molecule has 0 amide bonds. The molecule has 0 saturated carbocycles. The van der Waals surface area contributed by atoms with E-state index in [9.17, 15) is 0 Å². The number of tetrazole rings is 1. The van der Waals surface area contributed by atoms with Crippen LogP contribution in [-0.2, 0) is 31.3 Å². The van der Waals surface area contributed by atoms with Crippen LogP contribution in [0.25, 0.3) is 22.5 Å². The van der Waals surface area contributed by atoms with E-state index in [1.165, 1.54) is 28.2 Å². The van der Waals surface area contributed by atoms with Gasteiger partial charge in [-0.3, -0.25) is 4.98 Å². The molecule has 1 aliphatic heterocycles. The highest BCUT2D eigenvalue weighted by Crippen LogP contribution is 2.40. The molecule has 51 heavy (non-hydrogen) atoms. The number of hydrogen-bond donors (Lipinski definition) is 0. The van der Waals surface area contributed by atoms with Crippen molar-refractivity contribution in [3.8, 4) is 22.5 Å². The second kappa shape index (κ2) is 14.2. The highest BCUT2D eigenvalue weighted by Gasteiger charge is 2.41. The third-order valence-electron chi connectivity index (χ3n) is 10.2. The standard InChI is InChI=1S/C45H42N6/c1-3-38-31-43-41(42(4-2)46-38)25-16-30-50(43)32-33-26-28-34(29-27-33)39-23-14-15-24-40(39)44-47-49-51(48-44)45(35-17-8-5-9-18-35,36-19-10-6-11-20-36)37-21-12-7-13-22-37/h5-15,17-24,26-29,31H,3-4,16,25,30,32H2,1-2H3. The molecule has 6 nitrogen and oxygen atoms in total. The molecule has 0 bridgehead atoms. The lowest BCUT2D eigenvalue weighted by Gasteiger charge is -2.34. The molecule has 0 saturated heterocycles. The van der Waals surface area contributed by atoms with Gasteiger partial charge in [0.05, 0.1) is 0 Å². The van der Waals surface area contributed by atoms with Crippen LogP contribution in [0.1, 0.15) is 59.5 Å². The Labute approximate surface area is 300 Å². The Morgan fingerprint density at radius 3 is 1.82 bits per heavy atom. The fourth-order valence-corrected chi connectivity index (χ4v) is 7.71. The van der Waals surface area contributed by atoms with E-state index >= 15 is 0 Å². The van der Waals surface area contributed by atoms with Gasteiger partial charge in [-0.1, -0.05) is 153 Å². The van der Waals surface area contributed by atoms with Crippen molar-refractivity contribution in [3.05, 3.63) is 185 Å². The van der Waals surface area contributed by atoms with Gasteiger partial charge in [0.15, 0.2) is 5.54 Å². The first-order chi connectivity index (χ1) is 25.2. The van der Waals surface area contributed by atoms with Gasteiger partial charge in [0.2, 0.25) is 5.82 Å². The number of benzene rings is 5. The highest BCUT2D eigenvalue weighted by atomic mass is 15.6. The number of nitrogens with zero attached hydrogens (tertiary/aromatic N) is 6. The molecule has 2 aromatic heterocycles. The third kappa shape index (κ3) is 6.01. The Kier molecular flexibility index (Phi) is 8.98. The molecule has 0 fully saturated rings. The predicted octanol–water partition coefficient (Wildman–Crippen LogP) is 9.32. The monoisotopic (exact) mass is 666 g/mol. The van der Waals surface area contributed by atoms with Crippen LogP contribution < -0.4 is 4.90 Å². The molecule has 8 rings (SSSR count). The van der Waals surface area contributed by atoms with Gasteiger partial charge in [0.1, 0.15) is 0 Å². The van der Waals surface area contributed by atoms with Gasteiger partial charge in [-0.05, 0) is 75.9 Å². The average Bonchev–Trinajstić information content (AvgIpc) is 3.70. The van der Waals surface area contributed by atoms with Crippen LogP contribution in [0.4, 0.5) is 5.69 Å². The fraction of sp³-hybridized carbons (Fsp3) is 0.200. The smallest absolute Gasteiger partial charge is 0.205 e. The zero-order chi connectivity index (χ0) is 34.6. The van der Waals surface area contributed by atoms with Gasteiger partial charge >= 0.3 is 0 Å². The Hall–Kier alpha value is -5.88. The quantitative estimate of drug-likeness (QED) is 0.136. The predicted molar refractivity (Wildman–Crippen MR) is 206 cm³/mol. The first-order valence-corrected chi connectivity index (χ1v) is 18.1. The van der Waals surface area contributed by atoms with Crippen molar-refractivity contribution in [1.29, 1.82) is 0 Å². The molecule has 5 aromatic carbocycles. The second-order valence-electron chi connectivity index (χ2n) is 13.2. The van der Waals surface area contributed by atoms with Crippen LogP contribution in [0.3, 0.4) is 0 Å². The zero-order valence-corrected chi connectivity index (χ0v) is 29.3. The average molecular weight is 667 g/mol. The summed E-state index contributed by atoms with van der Waals surface area (Å²) in [6, 6.07) is 51.1. The minimum Gasteiger partial charge on any atom is -0.367 e. The van der Waals surface area contributed by atoms with E-state index in [0.29, 0.717) is 5.82 Å². The topological polar surface area (TPSA) is 59.7 Å². The van der Waals surface area contributed by atoms with Crippen LogP contribution in [0.15, 0.2) is 146 Å². The molecule has 0 unspecified atom stereocenters. The first-order valence-electron chi connectivity index (χ1n) is 18.1. The van der Waals surface area contributed by atoms with Crippen molar-refractivity contribution < 1.29 is 0 Å². The fourth-order valence-electron chi connectivity index (χ4n) is 7.71. The van der Waals surface area contributed by atoms with Crippen LogP contribution in [0, 0.1) is 0 Å². The normalized spacial score (nSPS) is 12.9. The van der Waals surface area contributed by atoms with E-state index in [2.05, 4.69) is 140 Å². The van der Waals surface area contributed by atoms with Crippen molar-refractivity contribution in [2.75, 3.05) is 11.4 Å². The lowest BCUT2D eigenvalue weighted by Crippen LogP contribution is -2.39. The van der Waals surface area contributed by atoms with E-state index in [1.54, 1.807) is 4.80 Å². The lowest BCUT2D eigenvalue weighted by molar-refractivity contribution is 0.396. The molecule has 1 aliphatic rings. The van der Waals surface area contributed by atoms with E-state index in [0.717, 1.165) is 72.2 Å². The SMILES string of the molecule is CCc1cc2c(c(CC)n1)CCCN2Cc1ccc(-c2ccccc2-c2nnn(C(c3ccccc3)(c3ccccc3)c3ccccc3)n2)cc1. The lowest BCUT2D eigenvalue weighted by atomic mass is 9.77. The van der Waals surface area contributed by atoms with Crippen molar-refractivity contribution in [3.63, 3.8) is 0 Å². The molecule has 0 spiro atoms. The highest BCUT2D eigenvalue weighted by molar-refractivity contribution is 5.80. The van der Waals surface area contributed by atoms with Crippen LogP contribution in [0.2, 0.25) is 0 Å². The van der Waals surface area contributed by atoms with Gasteiger partial charge in [-0.25, -0.2) is 0 Å². The molecule has 0 atom stereocenters. The minimum atomic E-state index is -0.829. The first kappa shape index (κ1) is 32.3. The summed E-state index contributed by atoms with van der Waals surface area (Å²) in [4.78, 5) is 9.30. The second-order valence-corrected chi connectivity index (χ2v) is 13.2. The number of pyridine rings is 1. The molecule has 7 aromatic rings. The van der Waals surface area contributed by atoms with E-state index in [-0.39, 0.29) is 0 Å². The molecule has 6 heteroatoms. The summed E-state index contributed by atoms with van der Waals surface area (Å²) in [5, 5.41) is 14.7. The van der Waals surface area contributed by atoms with Gasteiger partial charge in [0, 0.05) is 35.7 Å². The Morgan fingerprint density at radius 2 is 1.24 bits per heavy atom. The summed E-state index contributed by atoms with van der Waals surface area (Å²) >= 11 is 0. The van der Waals surface area contributed by atoms with Gasteiger partial charge in [-0.15, -0.1) is 15.0 Å². The van der Waals surface area contributed by atoms with Crippen LogP contribution >= 0.6 is 0 Å². The van der Waals surface area contributed by atoms with Crippen molar-refractivity contribution in [1.82, 2.24) is 25.2 Å². The Morgan fingerprint density at radius 1 is 0.647 bits per heavy atom. The number of rotatable bonds is 10. The maximum absolute atomic E-state index is 5.20. The third-order valence-corrected chi connectivity index (χ3v) is 10.2. The number of anilines is 1. The van der Waals surface area contributed by atoms with E-state index in [4.69, 9.17) is 20.4 Å². The molecule has 252 valence electrons. The zero-order valence-electron chi connectivity index (χ0n) is 29.3. The minimum absolute atomic E-state index is 0.582. The van der Waals surface area contributed by atoms with Gasteiger partial charge < -0.3 is 4.90 Å². The molecular weight excluding hydrogens is 625 g/mol. The molecule has 3 heterocycles. The Bertz CT molecular complexity index is 2130. The number of aromatic nitrogens is 5. The summed E-state index contributed by atoms with van der Waals surface area (Å²) in [6.07, 6.45) is 4.21. The largest absolute Gasteiger partial charge is 0.367 e. The number of fused-ring (bicyclic) bond motifs is 1. The Balaban J connectivity index is 1.15. The summed E-state index contributed by atoms with van der Waals surface area (Å²) in [5.41, 5.74) is 12.0. The number of aryl methyl sites for hydroxylation is 2. The number of hydrogen-bond acceptors (Lipinski definition) is 5. The molecular formula is C45H42N6. The van der Waals surface area contributed by atoms with Crippen LogP contribution in [-0.4, -0.2) is 31.7 Å². The van der Waals surface area contributed by atoms with Gasteiger partial charge in [-0.2, -0.15) is 0 Å². The van der Waals surface area contributed by atoms with E-state index < -0.39 is 5.54 Å². The van der Waals surface area contributed by atoms with Crippen molar-refractivity contribution >= 4 is 5.69 Å². The molecule has 0 N–H and O–H groups in total. The van der Waals surface area contributed by atoms with Crippen LogP contribution in [0.5, 0.6) is 0 Å².